The number of carbonyl (C=O) groups excluding carboxylic acids is 1. The molecule has 0 bridgehead atoms. The molecular weight excluding hydrogens is 254 g/mol. The molecule has 0 aromatic heterocycles. The first kappa shape index (κ1) is 15.3. The molecule has 0 aromatic rings. The van der Waals surface area contributed by atoms with E-state index in [9.17, 15) is 9.59 Å². The van der Waals surface area contributed by atoms with Crippen molar-refractivity contribution >= 4 is 11.9 Å². The van der Waals surface area contributed by atoms with E-state index in [1.807, 2.05) is 11.8 Å². The molecule has 2 atom stereocenters. The molecule has 0 aromatic carbocycles. The number of carbonyl (C=O) groups is 2. The lowest BCUT2D eigenvalue weighted by atomic mass is 9.79. The van der Waals surface area contributed by atoms with E-state index in [4.69, 9.17) is 5.11 Å². The zero-order valence-electron chi connectivity index (χ0n) is 12.7. The van der Waals surface area contributed by atoms with E-state index in [1.54, 1.807) is 0 Å². The number of hydrogen-bond acceptors (Lipinski definition) is 2. The maximum atomic E-state index is 12.7. The second-order valence-corrected chi connectivity index (χ2v) is 6.58. The van der Waals surface area contributed by atoms with Crippen molar-refractivity contribution in [2.24, 2.45) is 17.8 Å². The highest BCUT2D eigenvalue weighted by atomic mass is 16.4. The Morgan fingerprint density at radius 2 is 1.65 bits per heavy atom. The maximum Gasteiger partial charge on any atom is 0.308 e. The summed E-state index contributed by atoms with van der Waals surface area (Å²) in [5.74, 6) is -0.0121. The molecule has 1 N–H and O–H groups in total. The van der Waals surface area contributed by atoms with Crippen molar-refractivity contribution in [2.45, 2.75) is 64.8 Å². The predicted molar refractivity (Wildman–Crippen MR) is 77.3 cm³/mol. The van der Waals surface area contributed by atoms with Gasteiger partial charge in [-0.3, -0.25) is 9.59 Å². The first-order chi connectivity index (χ1) is 9.52. The van der Waals surface area contributed by atoms with Gasteiger partial charge in [-0.1, -0.05) is 13.3 Å². The molecule has 1 aliphatic carbocycles. The Labute approximate surface area is 121 Å². The smallest absolute Gasteiger partial charge is 0.308 e. The van der Waals surface area contributed by atoms with Crippen molar-refractivity contribution in [2.75, 3.05) is 6.54 Å². The predicted octanol–water partition coefficient (Wildman–Crippen LogP) is 2.91. The summed E-state index contributed by atoms with van der Waals surface area (Å²) in [5, 5.41) is 9.16. The number of carboxylic acids is 1. The second kappa shape index (κ2) is 6.59. The van der Waals surface area contributed by atoms with E-state index < -0.39 is 5.97 Å². The molecule has 0 radical (unpaired) electrons. The number of aliphatic carboxylic acids is 1. The van der Waals surface area contributed by atoms with Crippen molar-refractivity contribution in [1.82, 2.24) is 4.90 Å². The topological polar surface area (TPSA) is 57.6 Å². The van der Waals surface area contributed by atoms with Gasteiger partial charge in [-0.05, 0) is 51.4 Å². The SMILES string of the molecule is CCC1CCC(C(=O)N2CC(C(=O)O)CCC2C)CC1. The second-order valence-electron chi connectivity index (χ2n) is 6.58. The minimum absolute atomic E-state index is 0.132. The number of amides is 1. The highest BCUT2D eigenvalue weighted by Crippen LogP contribution is 2.33. The molecule has 114 valence electrons. The Bertz CT molecular complexity index is 361. The highest BCUT2D eigenvalue weighted by molar-refractivity contribution is 5.80. The van der Waals surface area contributed by atoms with Gasteiger partial charge in [0.15, 0.2) is 0 Å². The van der Waals surface area contributed by atoms with Crippen LogP contribution in [-0.4, -0.2) is 34.5 Å². The van der Waals surface area contributed by atoms with Gasteiger partial charge in [0.05, 0.1) is 5.92 Å². The van der Waals surface area contributed by atoms with Crippen LogP contribution in [0.15, 0.2) is 0 Å². The van der Waals surface area contributed by atoms with Crippen LogP contribution in [0.2, 0.25) is 0 Å². The van der Waals surface area contributed by atoms with Gasteiger partial charge in [-0.15, -0.1) is 0 Å². The zero-order valence-corrected chi connectivity index (χ0v) is 12.7. The molecule has 1 heterocycles. The third kappa shape index (κ3) is 3.33. The number of piperidine rings is 1. The molecule has 1 amide bonds. The fourth-order valence-electron chi connectivity index (χ4n) is 3.67. The van der Waals surface area contributed by atoms with E-state index in [2.05, 4.69) is 6.92 Å². The van der Waals surface area contributed by atoms with Crippen LogP contribution in [0.3, 0.4) is 0 Å². The van der Waals surface area contributed by atoms with Gasteiger partial charge in [0.1, 0.15) is 0 Å². The van der Waals surface area contributed by atoms with Crippen molar-refractivity contribution in [1.29, 1.82) is 0 Å². The Morgan fingerprint density at radius 1 is 1.05 bits per heavy atom. The third-order valence-electron chi connectivity index (χ3n) is 5.29. The molecule has 4 heteroatoms. The van der Waals surface area contributed by atoms with Gasteiger partial charge >= 0.3 is 5.97 Å². The quantitative estimate of drug-likeness (QED) is 0.865. The van der Waals surface area contributed by atoms with E-state index in [1.165, 1.54) is 6.42 Å². The van der Waals surface area contributed by atoms with Crippen LogP contribution in [0.5, 0.6) is 0 Å². The molecule has 2 rings (SSSR count). The van der Waals surface area contributed by atoms with Gasteiger partial charge < -0.3 is 10.0 Å². The first-order valence-corrected chi connectivity index (χ1v) is 8.06. The lowest BCUT2D eigenvalue weighted by molar-refractivity contribution is -0.149. The number of rotatable bonds is 3. The first-order valence-electron chi connectivity index (χ1n) is 8.06. The van der Waals surface area contributed by atoms with Crippen LogP contribution in [0, 0.1) is 17.8 Å². The van der Waals surface area contributed by atoms with Gasteiger partial charge in [0.2, 0.25) is 5.91 Å². The van der Waals surface area contributed by atoms with Crippen molar-refractivity contribution in [3.63, 3.8) is 0 Å². The number of carboxylic acid groups (broad SMARTS) is 1. The average Bonchev–Trinajstić information content (AvgIpc) is 2.47. The van der Waals surface area contributed by atoms with E-state index in [0.29, 0.717) is 13.0 Å². The lowest BCUT2D eigenvalue weighted by Gasteiger charge is -2.39. The highest BCUT2D eigenvalue weighted by Gasteiger charge is 2.36. The lowest BCUT2D eigenvalue weighted by Crippen LogP contribution is -2.49. The van der Waals surface area contributed by atoms with Gasteiger partial charge in [0, 0.05) is 18.5 Å². The molecule has 1 saturated heterocycles. The minimum Gasteiger partial charge on any atom is -0.481 e. The van der Waals surface area contributed by atoms with Crippen LogP contribution in [0.25, 0.3) is 0 Å². The Morgan fingerprint density at radius 3 is 2.20 bits per heavy atom. The summed E-state index contributed by atoms with van der Waals surface area (Å²) >= 11 is 0. The Hall–Kier alpha value is -1.06. The van der Waals surface area contributed by atoms with E-state index in [0.717, 1.165) is 38.0 Å². The summed E-state index contributed by atoms with van der Waals surface area (Å²) in [5.41, 5.74) is 0. The van der Waals surface area contributed by atoms with Crippen LogP contribution in [0.1, 0.15) is 58.8 Å². The van der Waals surface area contributed by atoms with Crippen LogP contribution < -0.4 is 0 Å². The standard InChI is InChI=1S/C16H27NO3/c1-3-12-5-8-13(9-6-12)15(18)17-10-14(16(19)20)7-4-11(17)2/h11-14H,3-10H2,1-2H3,(H,19,20). The van der Waals surface area contributed by atoms with Crippen LogP contribution in [0.4, 0.5) is 0 Å². The third-order valence-corrected chi connectivity index (χ3v) is 5.29. The van der Waals surface area contributed by atoms with Crippen molar-refractivity contribution in [3.8, 4) is 0 Å². The van der Waals surface area contributed by atoms with E-state index >= 15 is 0 Å². The van der Waals surface area contributed by atoms with Gasteiger partial charge in [-0.2, -0.15) is 0 Å². The Balaban J connectivity index is 1.95. The van der Waals surface area contributed by atoms with Crippen molar-refractivity contribution < 1.29 is 14.7 Å². The molecule has 1 saturated carbocycles. The summed E-state index contributed by atoms with van der Waals surface area (Å²) in [6, 6.07) is 0.196. The zero-order chi connectivity index (χ0) is 14.7. The van der Waals surface area contributed by atoms with Crippen LogP contribution >= 0.6 is 0 Å². The summed E-state index contributed by atoms with van der Waals surface area (Å²) in [4.78, 5) is 25.7. The van der Waals surface area contributed by atoms with E-state index in [-0.39, 0.29) is 23.8 Å². The molecule has 2 aliphatic rings. The molecule has 2 unspecified atom stereocenters. The molecule has 4 nitrogen and oxygen atoms in total. The Kier molecular flexibility index (Phi) is 5.06. The number of likely N-dealkylation sites (tertiary alicyclic amines) is 1. The monoisotopic (exact) mass is 281 g/mol. The minimum atomic E-state index is -0.760. The maximum absolute atomic E-state index is 12.7. The fraction of sp³-hybridized carbons (Fsp3) is 0.875. The summed E-state index contributed by atoms with van der Waals surface area (Å²) in [7, 11) is 0. The summed E-state index contributed by atoms with van der Waals surface area (Å²) in [6.45, 7) is 4.67. The molecule has 20 heavy (non-hydrogen) atoms. The normalized spacial score (nSPS) is 34.8. The van der Waals surface area contributed by atoms with Crippen molar-refractivity contribution in [3.05, 3.63) is 0 Å². The molecular formula is C16H27NO3. The van der Waals surface area contributed by atoms with Crippen LogP contribution in [-0.2, 0) is 9.59 Å². The fourth-order valence-corrected chi connectivity index (χ4v) is 3.67. The number of hydrogen-bond donors (Lipinski definition) is 1. The summed E-state index contributed by atoms with van der Waals surface area (Å²) < 4.78 is 0. The number of nitrogens with zero attached hydrogens (tertiary/aromatic N) is 1. The van der Waals surface area contributed by atoms with Gasteiger partial charge in [-0.25, -0.2) is 0 Å². The molecule has 0 spiro atoms. The average molecular weight is 281 g/mol. The molecule has 2 fully saturated rings. The summed E-state index contributed by atoms with van der Waals surface area (Å²) in [6.07, 6.45) is 6.99. The van der Waals surface area contributed by atoms with Gasteiger partial charge in [0.25, 0.3) is 0 Å². The largest absolute Gasteiger partial charge is 0.481 e. The molecule has 1 aliphatic heterocycles.